The van der Waals surface area contributed by atoms with Crippen molar-refractivity contribution in [3.63, 3.8) is 0 Å². The number of nitrogens with one attached hydrogen (secondary N) is 1. The van der Waals surface area contributed by atoms with Crippen LogP contribution in [0.1, 0.15) is 24.4 Å². The Morgan fingerprint density at radius 3 is 2.57 bits per heavy atom. The smallest absolute Gasteiger partial charge is 0.323 e. The van der Waals surface area contributed by atoms with Crippen molar-refractivity contribution in [1.29, 1.82) is 0 Å². The average molecular weight is 207 g/mol. The highest BCUT2D eigenvalue weighted by atomic mass is 19.4. The standard InChI is InChI=1S/C7H8F3N3O/c1-3(11)4-2-5(7(8,9)10)13-6(14)12-4/h2-3H,11H2,1H3,(H,12,13,14). The maximum absolute atomic E-state index is 12.2. The molecular formula is C7H8F3N3O. The van der Waals surface area contributed by atoms with Gasteiger partial charge in [0.1, 0.15) is 0 Å². The highest BCUT2D eigenvalue weighted by Crippen LogP contribution is 2.27. The van der Waals surface area contributed by atoms with E-state index in [4.69, 9.17) is 5.73 Å². The maximum atomic E-state index is 12.2. The molecule has 0 spiro atoms. The van der Waals surface area contributed by atoms with E-state index in [-0.39, 0.29) is 5.69 Å². The van der Waals surface area contributed by atoms with Crippen LogP contribution in [0.25, 0.3) is 0 Å². The van der Waals surface area contributed by atoms with Crippen molar-refractivity contribution in [3.05, 3.63) is 27.9 Å². The number of aromatic amines is 1. The van der Waals surface area contributed by atoms with Crippen molar-refractivity contribution in [1.82, 2.24) is 9.97 Å². The van der Waals surface area contributed by atoms with Crippen LogP contribution in [0.15, 0.2) is 10.9 Å². The number of nitrogens with two attached hydrogens (primary N) is 1. The number of aromatic nitrogens is 2. The van der Waals surface area contributed by atoms with Gasteiger partial charge < -0.3 is 10.7 Å². The molecule has 0 aromatic carbocycles. The molecule has 0 saturated carbocycles. The first kappa shape index (κ1) is 10.7. The third-order valence-electron chi connectivity index (χ3n) is 1.55. The number of rotatable bonds is 1. The van der Waals surface area contributed by atoms with Gasteiger partial charge >= 0.3 is 11.9 Å². The van der Waals surface area contributed by atoms with E-state index in [1.165, 1.54) is 6.92 Å². The quantitative estimate of drug-likeness (QED) is 0.715. The number of hydrogen-bond donors (Lipinski definition) is 2. The second kappa shape index (κ2) is 3.41. The Bertz CT molecular complexity index is 383. The van der Waals surface area contributed by atoms with Crippen LogP contribution in [0, 0.1) is 0 Å². The van der Waals surface area contributed by atoms with Crippen LogP contribution >= 0.6 is 0 Å². The molecule has 14 heavy (non-hydrogen) atoms. The fourth-order valence-corrected chi connectivity index (χ4v) is 0.867. The zero-order chi connectivity index (χ0) is 10.9. The van der Waals surface area contributed by atoms with Gasteiger partial charge in [-0.1, -0.05) is 0 Å². The summed E-state index contributed by atoms with van der Waals surface area (Å²) in [6.45, 7) is 1.46. The molecular weight excluding hydrogens is 199 g/mol. The first-order valence-electron chi connectivity index (χ1n) is 3.74. The van der Waals surface area contributed by atoms with E-state index in [1.807, 2.05) is 0 Å². The Hall–Kier alpha value is -1.37. The second-order valence-electron chi connectivity index (χ2n) is 2.81. The van der Waals surface area contributed by atoms with Gasteiger partial charge in [0.25, 0.3) is 0 Å². The Balaban J connectivity index is 3.28. The molecule has 7 heteroatoms. The Morgan fingerprint density at radius 2 is 2.14 bits per heavy atom. The summed E-state index contributed by atoms with van der Waals surface area (Å²) >= 11 is 0. The topological polar surface area (TPSA) is 71.8 Å². The van der Waals surface area contributed by atoms with Gasteiger partial charge in [-0.25, -0.2) is 4.79 Å². The van der Waals surface area contributed by atoms with Crippen LogP contribution in [0.2, 0.25) is 0 Å². The van der Waals surface area contributed by atoms with Crippen molar-refractivity contribution in [2.24, 2.45) is 5.73 Å². The number of H-pyrrole nitrogens is 1. The highest BCUT2D eigenvalue weighted by molar-refractivity contribution is 5.13. The molecule has 0 radical (unpaired) electrons. The molecule has 0 aliphatic rings. The van der Waals surface area contributed by atoms with E-state index in [9.17, 15) is 18.0 Å². The van der Waals surface area contributed by atoms with Crippen LogP contribution in [-0.2, 0) is 6.18 Å². The van der Waals surface area contributed by atoms with E-state index in [1.54, 1.807) is 0 Å². The van der Waals surface area contributed by atoms with Gasteiger partial charge in [0.2, 0.25) is 0 Å². The van der Waals surface area contributed by atoms with Crippen molar-refractivity contribution in [3.8, 4) is 0 Å². The SMILES string of the molecule is CC(N)c1cc(C(F)(F)F)nc(=O)[nH]1. The fourth-order valence-electron chi connectivity index (χ4n) is 0.867. The van der Waals surface area contributed by atoms with Crippen LogP contribution < -0.4 is 11.4 Å². The summed E-state index contributed by atoms with van der Waals surface area (Å²) in [5.41, 5.74) is 3.06. The minimum absolute atomic E-state index is 0.0114. The lowest BCUT2D eigenvalue weighted by Gasteiger charge is -2.08. The molecule has 1 unspecified atom stereocenters. The molecule has 0 bridgehead atoms. The van der Waals surface area contributed by atoms with E-state index >= 15 is 0 Å². The molecule has 3 N–H and O–H groups in total. The van der Waals surface area contributed by atoms with Gasteiger partial charge in [0.05, 0.1) is 0 Å². The van der Waals surface area contributed by atoms with Crippen LogP contribution in [0.5, 0.6) is 0 Å². The minimum Gasteiger partial charge on any atom is -0.323 e. The van der Waals surface area contributed by atoms with Gasteiger partial charge in [-0.15, -0.1) is 0 Å². The first-order valence-corrected chi connectivity index (χ1v) is 3.74. The van der Waals surface area contributed by atoms with Gasteiger partial charge in [-0.3, -0.25) is 0 Å². The van der Waals surface area contributed by atoms with Crippen molar-refractivity contribution >= 4 is 0 Å². The minimum atomic E-state index is -4.63. The summed E-state index contributed by atoms with van der Waals surface area (Å²) in [7, 11) is 0. The van der Waals surface area contributed by atoms with Crippen LogP contribution in [0.3, 0.4) is 0 Å². The normalized spacial score (nSPS) is 14.1. The van der Waals surface area contributed by atoms with Gasteiger partial charge in [-0.2, -0.15) is 18.2 Å². The molecule has 1 aromatic heterocycles. The molecule has 4 nitrogen and oxygen atoms in total. The van der Waals surface area contributed by atoms with Crippen LogP contribution in [-0.4, -0.2) is 9.97 Å². The lowest BCUT2D eigenvalue weighted by atomic mass is 10.2. The van der Waals surface area contributed by atoms with Crippen molar-refractivity contribution < 1.29 is 13.2 Å². The molecule has 0 amide bonds. The first-order chi connectivity index (χ1) is 6.30. The summed E-state index contributed by atoms with van der Waals surface area (Å²) in [6.07, 6.45) is -4.63. The fraction of sp³-hybridized carbons (Fsp3) is 0.429. The second-order valence-corrected chi connectivity index (χ2v) is 2.81. The van der Waals surface area contributed by atoms with E-state index < -0.39 is 23.6 Å². The predicted molar refractivity (Wildman–Crippen MR) is 42.5 cm³/mol. The molecule has 1 aromatic rings. The average Bonchev–Trinajstić information content (AvgIpc) is 2.01. The number of nitrogens with zero attached hydrogens (tertiary/aromatic N) is 1. The maximum Gasteiger partial charge on any atom is 0.433 e. The lowest BCUT2D eigenvalue weighted by Crippen LogP contribution is -2.22. The zero-order valence-corrected chi connectivity index (χ0v) is 7.22. The monoisotopic (exact) mass is 207 g/mol. The molecule has 0 fully saturated rings. The summed E-state index contributed by atoms with van der Waals surface area (Å²) in [4.78, 5) is 15.7. The van der Waals surface area contributed by atoms with E-state index in [0.717, 1.165) is 6.07 Å². The lowest BCUT2D eigenvalue weighted by molar-refractivity contribution is -0.141. The molecule has 1 rings (SSSR count). The van der Waals surface area contributed by atoms with E-state index in [0.29, 0.717) is 0 Å². The third-order valence-corrected chi connectivity index (χ3v) is 1.55. The van der Waals surface area contributed by atoms with E-state index in [2.05, 4.69) is 9.97 Å². The van der Waals surface area contributed by atoms with Gasteiger partial charge in [0.15, 0.2) is 5.69 Å². The molecule has 0 aliphatic carbocycles. The van der Waals surface area contributed by atoms with Crippen LogP contribution in [0.4, 0.5) is 13.2 Å². The van der Waals surface area contributed by atoms with Gasteiger partial charge in [0, 0.05) is 11.7 Å². The molecule has 78 valence electrons. The molecule has 0 aliphatic heterocycles. The van der Waals surface area contributed by atoms with Crippen molar-refractivity contribution in [2.45, 2.75) is 19.1 Å². The van der Waals surface area contributed by atoms with Crippen molar-refractivity contribution in [2.75, 3.05) is 0 Å². The predicted octanol–water partition coefficient (Wildman–Crippen LogP) is 0.808. The number of halogens is 3. The summed E-state index contributed by atoms with van der Waals surface area (Å²) in [6, 6.07) is 0.0540. The third kappa shape index (κ3) is 2.32. The largest absolute Gasteiger partial charge is 0.433 e. The summed E-state index contributed by atoms with van der Waals surface area (Å²) in [5.74, 6) is 0. The van der Waals surface area contributed by atoms with Gasteiger partial charge in [-0.05, 0) is 13.0 Å². The molecule has 1 atom stereocenters. The zero-order valence-electron chi connectivity index (χ0n) is 7.22. The Kier molecular flexibility index (Phi) is 2.61. The Labute approximate surface area is 77.0 Å². The molecule has 1 heterocycles. The highest BCUT2D eigenvalue weighted by Gasteiger charge is 2.33. The number of alkyl halides is 3. The Morgan fingerprint density at radius 1 is 1.57 bits per heavy atom. The summed E-state index contributed by atoms with van der Waals surface area (Å²) in [5, 5.41) is 0. The summed E-state index contributed by atoms with van der Waals surface area (Å²) < 4.78 is 36.5. The molecule has 0 saturated heterocycles. The number of hydrogen-bond acceptors (Lipinski definition) is 3.